The third-order valence-electron chi connectivity index (χ3n) is 6.14. The molecule has 2 aliphatic rings. The minimum absolute atomic E-state index is 0.309. The first-order chi connectivity index (χ1) is 14.7. The van der Waals surface area contributed by atoms with E-state index in [2.05, 4.69) is 43.3 Å². The van der Waals surface area contributed by atoms with Crippen LogP contribution in [0, 0.1) is 0 Å². The van der Waals surface area contributed by atoms with E-state index in [0.717, 1.165) is 43.7 Å². The second kappa shape index (κ2) is 6.07. The standard InChI is InChI=1S/C27H18O3/c1-15-22-18-10-6-7-11-19(18)24(16-8-4-3-5-9-16)25(22)26-23(15)20-13-12-17(29-2)14-21(20)30-27(26)28/h3-14H,1-2H3. The van der Waals surface area contributed by atoms with Gasteiger partial charge in [0, 0.05) is 22.2 Å². The number of hydrogen-bond acceptors (Lipinski definition) is 3. The average Bonchev–Trinajstić information content (AvgIpc) is 3.27. The summed E-state index contributed by atoms with van der Waals surface area (Å²) in [5.74, 6) is 0.670. The van der Waals surface area contributed by atoms with Crippen molar-refractivity contribution in [3.8, 4) is 5.75 Å². The third kappa shape index (κ3) is 2.12. The monoisotopic (exact) mass is 390 g/mol. The van der Waals surface area contributed by atoms with E-state index in [-0.39, 0.29) is 5.63 Å². The van der Waals surface area contributed by atoms with Gasteiger partial charge in [-0.15, -0.1) is 0 Å². The van der Waals surface area contributed by atoms with Gasteiger partial charge in [0.05, 0.1) is 12.3 Å². The molecule has 0 aliphatic heterocycles. The molecule has 2 aliphatic carbocycles. The van der Waals surface area contributed by atoms with Crippen molar-refractivity contribution in [1.29, 1.82) is 0 Å². The number of ether oxygens (including phenoxy) is 1. The Hall–Kier alpha value is -3.85. The molecular weight excluding hydrogens is 372 g/mol. The van der Waals surface area contributed by atoms with Crippen LogP contribution in [0.25, 0.3) is 33.3 Å². The van der Waals surface area contributed by atoms with Crippen LogP contribution < -0.4 is 31.2 Å². The molecule has 144 valence electrons. The van der Waals surface area contributed by atoms with Gasteiger partial charge in [-0.05, 0) is 51.8 Å². The first kappa shape index (κ1) is 17.0. The van der Waals surface area contributed by atoms with Crippen molar-refractivity contribution in [2.24, 2.45) is 0 Å². The lowest BCUT2D eigenvalue weighted by molar-refractivity contribution is 0.414. The molecule has 3 nitrogen and oxygen atoms in total. The van der Waals surface area contributed by atoms with Gasteiger partial charge in [-0.25, -0.2) is 4.79 Å². The Morgan fingerprint density at radius 1 is 0.767 bits per heavy atom. The van der Waals surface area contributed by atoms with E-state index in [1.165, 1.54) is 5.22 Å². The Morgan fingerprint density at radius 2 is 1.47 bits per heavy atom. The fourth-order valence-corrected chi connectivity index (χ4v) is 4.91. The molecule has 0 atom stereocenters. The molecular formula is C27H18O3. The minimum atomic E-state index is -0.309. The zero-order valence-corrected chi connectivity index (χ0v) is 16.7. The van der Waals surface area contributed by atoms with Crippen molar-refractivity contribution in [1.82, 2.24) is 0 Å². The highest BCUT2D eigenvalue weighted by atomic mass is 16.5. The van der Waals surface area contributed by atoms with E-state index in [4.69, 9.17) is 9.15 Å². The van der Waals surface area contributed by atoms with Crippen molar-refractivity contribution in [3.05, 3.63) is 110 Å². The summed E-state index contributed by atoms with van der Waals surface area (Å²) < 4.78 is 11.1. The highest BCUT2D eigenvalue weighted by molar-refractivity contribution is 6.29. The maximum Gasteiger partial charge on any atom is 0.344 e. The summed E-state index contributed by atoms with van der Waals surface area (Å²) in [6.07, 6.45) is 0. The van der Waals surface area contributed by atoms with Crippen LogP contribution in [0.2, 0.25) is 0 Å². The Labute approximate surface area is 172 Å². The first-order valence-electron chi connectivity index (χ1n) is 9.95. The molecule has 0 radical (unpaired) electrons. The molecule has 0 amide bonds. The van der Waals surface area contributed by atoms with Gasteiger partial charge in [0.1, 0.15) is 11.3 Å². The van der Waals surface area contributed by atoms with E-state index in [0.29, 0.717) is 16.6 Å². The van der Waals surface area contributed by atoms with Gasteiger partial charge in [-0.2, -0.15) is 0 Å². The van der Waals surface area contributed by atoms with E-state index < -0.39 is 0 Å². The summed E-state index contributed by atoms with van der Waals surface area (Å²) >= 11 is 0. The summed E-state index contributed by atoms with van der Waals surface area (Å²) in [4.78, 5) is 13.3. The van der Waals surface area contributed by atoms with Crippen LogP contribution in [-0.4, -0.2) is 7.11 Å². The van der Waals surface area contributed by atoms with Gasteiger partial charge < -0.3 is 9.15 Å². The van der Waals surface area contributed by atoms with E-state index in [1.54, 1.807) is 13.2 Å². The molecule has 3 aromatic carbocycles. The van der Waals surface area contributed by atoms with Crippen LogP contribution in [0.1, 0.15) is 12.5 Å². The van der Waals surface area contributed by atoms with Crippen molar-refractivity contribution >= 4 is 33.3 Å². The van der Waals surface area contributed by atoms with Gasteiger partial charge in [0.15, 0.2) is 0 Å². The quantitative estimate of drug-likeness (QED) is 0.493. The van der Waals surface area contributed by atoms with Gasteiger partial charge in [0.25, 0.3) is 0 Å². The largest absolute Gasteiger partial charge is 0.497 e. The maximum absolute atomic E-state index is 13.3. The molecule has 3 heteroatoms. The number of fused-ring (bicyclic) bond motifs is 5. The van der Waals surface area contributed by atoms with Crippen LogP contribution in [0.4, 0.5) is 0 Å². The number of methoxy groups -OCH3 is 1. The molecule has 0 fully saturated rings. The van der Waals surface area contributed by atoms with Crippen LogP contribution in [0.3, 0.4) is 0 Å². The topological polar surface area (TPSA) is 39.4 Å². The Morgan fingerprint density at radius 3 is 2.20 bits per heavy atom. The summed E-state index contributed by atoms with van der Waals surface area (Å²) in [6, 6.07) is 24.3. The second-order valence-corrected chi connectivity index (χ2v) is 7.66. The molecule has 0 saturated heterocycles. The van der Waals surface area contributed by atoms with Crippen LogP contribution in [0.5, 0.6) is 5.75 Å². The molecule has 0 unspecified atom stereocenters. The van der Waals surface area contributed by atoms with Gasteiger partial charge in [-0.3, -0.25) is 0 Å². The zero-order chi connectivity index (χ0) is 20.4. The smallest absolute Gasteiger partial charge is 0.344 e. The Kier molecular flexibility index (Phi) is 3.45. The van der Waals surface area contributed by atoms with Crippen molar-refractivity contribution < 1.29 is 9.15 Å². The van der Waals surface area contributed by atoms with Gasteiger partial charge in [-0.1, -0.05) is 54.6 Å². The SMILES string of the molecule is COc1ccc2c3c(c(=O)oc2c1)=C1C(=c2ccccc2=C1c1ccccc1)C=3C. The highest BCUT2D eigenvalue weighted by Crippen LogP contribution is 2.35. The van der Waals surface area contributed by atoms with Crippen molar-refractivity contribution in [2.75, 3.05) is 7.11 Å². The molecule has 0 saturated carbocycles. The minimum Gasteiger partial charge on any atom is -0.497 e. The van der Waals surface area contributed by atoms with Crippen LogP contribution in [-0.2, 0) is 0 Å². The van der Waals surface area contributed by atoms with Crippen LogP contribution >= 0.6 is 0 Å². The van der Waals surface area contributed by atoms with Gasteiger partial charge >= 0.3 is 5.63 Å². The molecule has 30 heavy (non-hydrogen) atoms. The third-order valence-corrected chi connectivity index (χ3v) is 6.14. The molecule has 1 heterocycles. The van der Waals surface area contributed by atoms with Crippen molar-refractivity contribution in [3.63, 3.8) is 0 Å². The zero-order valence-electron chi connectivity index (χ0n) is 16.7. The van der Waals surface area contributed by atoms with E-state index in [9.17, 15) is 4.79 Å². The lowest BCUT2D eigenvalue weighted by atomic mass is 9.95. The predicted molar refractivity (Wildman–Crippen MR) is 119 cm³/mol. The summed E-state index contributed by atoms with van der Waals surface area (Å²) in [5.41, 5.74) is 5.67. The lowest BCUT2D eigenvalue weighted by Gasteiger charge is -2.08. The van der Waals surface area contributed by atoms with Crippen molar-refractivity contribution in [2.45, 2.75) is 6.92 Å². The number of rotatable bonds is 2. The summed E-state index contributed by atoms with van der Waals surface area (Å²) in [5, 5.41) is 4.89. The highest BCUT2D eigenvalue weighted by Gasteiger charge is 2.29. The first-order valence-corrected chi connectivity index (χ1v) is 9.95. The summed E-state index contributed by atoms with van der Waals surface area (Å²) in [6.45, 7) is 2.11. The number of hydrogen-bond donors (Lipinski definition) is 0. The second-order valence-electron chi connectivity index (χ2n) is 7.66. The lowest BCUT2D eigenvalue weighted by Crippen LogP contribution is -2.39. The molecule has 4 aromatic rings. The molecule has 0 bridgehead atoms. The molecule has 0 N–H and O–H groups in total. The Balaban J connectivity index is 1.89. The summed E-state index contributed by atoms with van der Waals surface area (Å²) in [7, 11) is 1.61. The normalized spacial score (nSPS) is 14.2. The fraction of sp³-hybridized carbons (Fsp3) is 0.0741. The molecule has 1 aromatic heterocycles. The maximum atomic E-state index is 13.3. The fourth-order valence-electron chi connectivity index (χ4n) is 4.91. The van der Waals surface area contributed by atoms with E-state index >= 15 is 0 Å². The van der Waals surface area contributed by atoms with E-state index in [1.807, 2.05) is 30.3 Å². The molecule has 6 rings (SSSR count). The van der Waals surface area contributed by atoms with Crippen LogP contribution in [0.15, 0.2) is 82.0 Å². The number of benzene rings is 3. The average molecular weight is 390 g/mol. The molecule has 0 spiro atoms. The Bertz CT molecular complexity index is 1690. The van der Waals surface area contributed by atoms with Gasteiger partial charge in [0.2, 0.25) is 0 Å². The predicted octanol–water partition coefficient (Wildman–Crippen LogP) is 2.20.